The van der Waals surface area contributed by atoms with Gasteiger partial charge in [-0.05, 0) is 55.6 Å². The van der Waals surface area contributed by atoms with Gasteiger partial charge in [0.25, 0.3) is 0 Å². The maximum absolute atomic E-state index is 10.9. The van der Waals surface area contributed by atoms with Crippen molar-refractivity contribution in [3.05, 3.63) is 23.7 Å². The van der Waals surface area contributed by atoms with Gasteiger partial charge in [0.1, 0.15) is 17.6 Å². The van der Waals surface area contributed by atoms with Crippen molar-refractivity contribution in [1.82, 2.24) is 0 Å². The van der Waals surface area contributed by atoms with Crippen molar-refractivity contribution < 1.29 is 9.52 Å². The molecule has 1 heterocycles. The van der Waals surface area contributed by atoms with Crippen LogP contribution in [0.15, 0.2) is 16.5 Å². The Balaban J connectivity index is 1.59. The van der Waals surface area contributed by atoms with E-state index >= 15 is 0 Å². The van der Waals surface area contributed by atoms with Crippen molar-refractivity contribution in [2.45, 2.75) is 51.0 Å². The fraction of sp³-hybridized carbons (Fsp3) is 0.765. The quantitative estimate of drug-likeness (QED) is 0.887. The summed E-state index contributed by atoms with van der Waals surface area (Å²) in [5, 5.41) is 10.9. The summed E-state index contributed by atoms with van der Waals surface area (Å²) in [6.07, 6.45) is 5.57. The summed E-state index contributed by atoms with van der Waals surface area (Å²) < 4.78 is 5.98. The van der Waals surface area contributed by atoms with Crippen LogP contribution in [0, 0.1) is 23.2 Å². The molecular weight excluding hydrogens is 250 g/mol. The van der Waals surface area contributed by atoms with Crippen LogP contribution in [0.2, 0.25) is 0 Å². The van der Waals surface area contributed by atoms with Gasteiger partial charge in [-0.15, -0.1) is 0 Å². The topological polar surface area (TPSA) is 59.4 Å². The Hall–Kier alpha value is -0.800. The molecule has 0 spiro atoms. The van der Waals surface area contributed by atoms with Gasteiger partial charge in [0.05, 0.1) is 0 Å². The molecule has 3 nitrogen and oxygen atoms in total. The lowest BCUT2D eigenvalue weighted by Crippen LogP contribution is -2.41. The molecule has 3 N–H and O–H groups in total. The highest BCUT2D eigenvalue weighted by Gasteiger charge is 2.55. The molecule has 0 saturated heterocycles. The van der Waals surface area contributed by atoms with Crippen LogP contribution in [0.4, 0.5) is 0 Å². The fourth-order valence-corrected chi connectivity index (χ4v) is 4.90. The smallest absolute Gasteiger partial charge is 0.133 e. The van der Waals surface area contributed by atoms with Crippen LogP contribution >= 0.6 is 0 Å². The average molecular weight is 275 g/mol. The van der Waals surface area contributed by atoms with E-state index in [0.717, 1.165) is 29.8 Å². The molecule has 0 aromatic carbocycles. The van der Waals surface area contributed by atoms with Crippen molar-refractivity contribution in [3.63, 3.8) is 0 Å². The lowest BCUT2D eigenvalue weighted by Gasteiger charge is -2.39. The van der Waals surface area contributed by atoms with Crippen LogP contribution in [-0.2, 0) is 0 Å². The molecule has 6 atom stereocenters. The van der Waals surface area contributed by atoms with Gasteiger partial charge in [0, 0.05) is 17.9 Å². The predicted octanol–water partition coefficient (Wildman–Crippen LogP) is 3.20. The Morgan fingerprint density at radius 3 is 2.75 bits per heavy atom. The van der Waals surface area contributed by atoms with Crippen molar-refractivity contribution in [2.75, 3.05) is 6.54 Å². The fourth-order valence-electron chi connectivity index (χ4n) is 4.90. The minimum Gasteiger partial charge on any atom is -0.463 e. The number of rotatable bonds is 4. The standard InChI is InChI=1S/C17H25NO2/c1-10-6-13(10)14-4-5-15(20-14)16(19)17(9-18)8-11-2-3-12(17)7-11/h4-5,10-13,16,19H,2-3,6-9,18H2,1H3. The molecule has 3 aliphatic carbocycles. The van der Waals surface area contributed by atoms with Crippen molar-refractivity contribution in [1.29, 1.82) is 0 Å². The van der Waals surface area contributed by atoms with Gasteiger partial charge in [-0.1, -0.05) is 13.3 Å². The molecule has 1 aromatic heterocycles. The largest absolute Gasteiger partial charge is 0.463 e. The maximum Gasteiger partial charge on any atom is 0.133 e. The monoisotopic (exact) mass is 275 g/mol. The number of furan rings is 1. The second kappa shape index (κ2) is 4.35. The number of hydrogen-bond acceptors (Lipinski definition) is 3. The van der Waals surface area contributed by atoms with Gasteiger partial charge in [0.15, 0.2) is 0 Å². The molecule has 3 fully saturated rings. The van der Waals surface area contributed by atoms with Gasteiger partial charge >= 0.3 is 0 Å². The molecule has 4 rings (SSSR count). The Bertz CT molecular complexity index is 511. The summed E-state index contributed by atoms with van der Waals surface area (Å²) in [7, 11) is 0. The van der Waals surface area contributed by atoms with E-state index in [2.05, 4.69) is 13.0 Å². The van der Waals surface area contributed by atoms with Crippen molar-refractivity contribution in [2.24, 2.45) is 28.9 Å². The minimum absolute atomic E-state index is 0.132. The molecule has 0 aliphatic heterocycles. The zero-order chi connectivity index (χ0) is 13.9. The van der Waals surface area contributed by atoms with E-state index in [9.17, 15) is 5.11 Å². The molecule has 3 heteroatoms. The number of aliphatic hydroxyl groups excluding tert-OH is 1. The highest BCUT2D eigenvalue weighted by atomic mass is 16.4. The van der Waals surface area contributed by atoms with Gasteiger partial charge in [-0.2, -0.15) is 0 Å². The van der Waals surface area contributed by atoms with Crippen LogP contribution in [0.5, 0.6) is 0 Å². The number of hydrogen-bond donors (Lipinski definition) is 2. The number of fused-ring (bicyclic) bond motifs is 2. The van der Waals surface area contributed by atoms with Crippen LogP contribution in [0.25, 0.3) is 0 Å². The molecule has 0 radical (unpaired) electrons. The van der Waals surface area contributed by atoms with E-state index in [-0.39, 0.29) is 5.41 Å². The Labute approximate surface area is 120 Å². The van der Waals surface area contributed by atoms with Crippen molar-refractivity contribution >= 4 is 0 Å². The third-order valence-electron chi connectivity index (χ3n) is 6.34. The second-order valence-electron chi connectivity index (χ2n) is 7.48. The Kier molecular flexibility index (Phi) is 2.80. The summed E-state index contributed by atoms with van der Waals surface area (Å²) >= 11 is 0. The van der Waals surface area contributed by atoms with E-state index in [1.165, 1.54) is 25.7 Å². The maximum atomic E-state index is 10.9. The van der Waals surface area contributed by atoms with Crippen LogP contribution in [-0.4, -0.2) is 11.7 Å². The molecular formula is C17H25NO2. The molecule has 3 saturated carbocycles. The lowest BCUT2D eigenvalue weighted by atomic mass is 9.68. The van der Waals surface area contributed by atoms with Crippen molar-refractivity contribution in [3.8, 4) is 0 Å². The highest BCUT2D eigenvalue weighted by molar-refractivity contribution is 5.21. The van der Waals surface area contributed by atoms with Gasteiger partial charge in [0.2, 0.25) is 0 Å². The summed E-state index contributed by atoms with van der Waals surface area (Å²) in [6, 6.07) is 4.04. The van der Waals surface area contributed by atoms with Gasteiger partial charge in [-0.3, -0.25) is 0 Å². The molecule has 3 aliphatic rings. The molecule has 0 amide bonds. The zero-order valence-corrected chi connectivity index (χ0v) is 12.2. The SMILES string of the molecule is CC1CC1c1ccc(C(O)C2(CN)CC3CCC2C3)o1. The minimum atomic E-state index is -0.523. The number of aliphatic hydroxyl groups is 1. The first-order valence-corrected chi connectivity index (χ1v) is 8.12. The first-order chi connectivity index (χ1) is 9.64. The number of nitrogens with two attached hydrogens (primary N) is 1. The molecule has 110 valence electrons. The molecule has 1 aromatic rings. The Morgan fingerprint density at radius 1 is 1.40 bits per heavy atom. The zero-order valence-electron chi connectivity index (χ0n) is 12.2. The first kappa shape index (κ1) is 12.9. The normalized spacial score (nSPS) is 44.0. The molecule has 20 heavy (non-hydrogen) atoms. The van der Waals surface area contributed by atoms with Crippen LogP contribution in [0.1, 0.15) is 62.6 Å². The van der Waals surface area contributed by atoms with Gasteiger partial charge < -0.3 is 15.3 Å². The third-order valence-corrected chi connectivity index (χ3v) is 6.34. The summed E-state index contributed by atoms with van der Waals surface area (Å²) in [5.74, 6) is 4.47. The second-order valence-corrected chi connectivity index (χ2v) is 7.48. The molecule has 6 unspecified atom stereocenters. The lowest BCUT2D eigenvalue weighted by molar-refractivity contribution is -0.0265. The predicted molar refractivity (Wildman–Crippen MR) is 77.1 cm³/mol. The van der Waals surface area contributed by atoms with Gasteiger partial charge in [-0.25, -0.2) is 0 Å². The summed E-state index contributed by atoms with van der Waals surface area (Å²) in [5.41, 5.74) is 5.96. The van der Waals surface area contributed by atoms with Crippen LogP contribution in [0.3, 0.4) is 0 Å². The highest BCUT2D eigenvalue weighted by Crippen LogP contribution is 2.60. The summed E-state index contributed by atoms with van der Waals surface area (Å²) in [6.45, 7) is 2.83. The summed E-state index contributed by atoms with van der Waals surface area (Å²) in [4.78, 5) is 0. The molecule has 2 bridgehead atoms. The average Bonchev–Trinajstić information content (AvgIpc) is 2.95. The van der Waals surface area contributed by atoms with E-state index in [0.29, 0.717) is 18.4 Å². The van der Waals surface area contributed by atoms with E-state index in [1.54, 1.807) is 0 Å². The first-order valence-electron chi connectivity index (χ1n) is 8.12. The van der Waals surface area contributed by atoms with E-state index in [1.807, 2.05) is 6.07 Å². The Morgan fingerprint density at radius 2 is 2.20 bits per heavy atom. The van der Waals surface area contributed by atoms with Crippen LogP contribution < -0.4 is 5.73 Å². The van der Waals surface area contributed by atoms with E-state index < -0.39 is 6.10 Å². The van der Waals surface area contributed by atoms with E-state index in [4.69, 9.17) is 10.2 Å². The third kappa shape index (κ3) is 1.72.